The lowest BCUT2D eigenvalue weighted by atomic mass is 9.99. The van der Waals surface area contributed by atoms with Gasteiger partial charge >= 0.3 is 0 Å². The lowest BCUT2D eigenvalue weighted by Gasteiger charge is -2.18. The van der Waals surface area contributed by atoms with Gasteiger partial charge in [-0.05, 0) is 12.1 Å². The summed E-state index contributed by atoms with van der Waals surface area (Å²) in [6.07, 6.45) is 5.19. The summed E-state index contributed by atoms with van der Waals surface area (Å²) in [4.78, 5) is 4.43. The predicted octanol–water partition coefficient (Wildman–Crippen LogP) is 2.49. The Morgan fingerprint density at radius 3 is 2.96 bits per heavy atom. The maximum atomic E-state index is 14.6. The van der Waals surface area contributed by atoms with Crippen molar-refractivity contribution in [3.63, 3.8) is 0 Å². The third-order valence-corrected chi connectivity index (χ3v) is 4.46. The van der Waals surface area contributed by atoms with Crippen molar-refractivity contribution in [1.82, 2.24) is 24.4 Å². The summed E-state index contributed by atoms with van der Waals surface area (Å²) in [5, 5.41) is 21.5. The molecule has 0 saturated carbocycles. The van der Waals surface area contributed by atoms with Gasteiger partial charge in [-0.2, -0.15) is 10.2 Å². The highest BCUT2D eigenvalue weighted by Gasteiger charge is 2.29. The summed E-state index contributed by atoms with van der Waals surface area (Å²) in [6.45, 7) is 0. The maximum Gasteiger partial charge on any atom is 0.158 e. The highest BCUT2D eigenvalue weighted by Crippen LogP contribution is 2.41. The molecular weight excluding hydrogens is 323 g/mol. The number of aryl methyl sites for hydroxylation is 1. The van der Waals surface area contributed by atoms with Gasteiger partial charge in [0.05, 0.1) is 17.1 Å². The molecule has 7 nitrogen and oxygen atoms in total. The summed E-state index contributed by atoms with van der Waals surface area (Å²) < 4.78 is 18.0. The smallest absolute Gasteiger partial charge is 0.158 e. The van der Waals surface area contributed by atoms with Crippen LogP contribution in [0.25, 0.3) is 16.8 Å². The molecular formula is C17H13FN6O. The van der Waals surface area contributed by atoms with E-state index in [1.165, 1.54) is 12.4 Å². The van der Waals surface area contributed by atoms with Gasteiger partial charge in [-0.1, -0.05) is 6.07 Å². The second-order valence-corrected chi connectivity index (χ2v) is 6.02. The third-order valence-electron chi connectivity index (χ3n) is 4.46. The number of halogens is 1. The molecule has 4 heterocycles. The van der Waals surface area contributed by atoms with Crippen molar-refractivity contribution in [3.05, 3.63) is 59.9 Å². The molecule has 0 bridgehead atoms. The van der Waals surface area contributed by atoms with Crippen LogP contribution in [-0.4, -0.2) is 29.5 Å². The van der Waals surface area contributed by atoms with Gasteiger partial charge in [0.15, 0.2) is 5.82 Å². The SMILES string of the molecule is Cn1cc2c(n1)NC(c1ccc(O)cc1F)c1ccn3ncnc-2c13. The lowest BCUT2D eigenvalue weighted by molar-refractivity contribution is 0.467. The molecule has 124 valence electrons. The monoisotopic (exact) mass is 336 g/mol. The minimum atomic E-state index is -0.491. The first-order valence-corrected chi connectivity index (χ1v) is 7.73. The molecule has 0 fully saturated rings. The van der Waals surface area contributed by atoms with Gasteiger partial charge < -0.3 is 10.4 Å². The van der Waals surface area contributed by atoms with Crippen molar-refractivity contribution in [2.75, 3.05) is 5.32 Å². The fourth-order valence-electron chi connectivity index (χ4n) is 3.39. The van der Waals surface area contributed by atoms with Crippen LogP contribution in [0.15, 0.2) is 43.0 Å². The van der Waals surface area contributed by atoms with Crippen LogP contribution in [0.5, 0.6) is 5.75 Å². The highest BCUT2D eigenvalue weighted by molar-refractivity contribution is 5.88. The molecule has 1 aromatic carbocycles. The first-order chi connectivity index (χ1) is 12.1. The predicted molar refractivity (Wildman–Crippen MR) is 88.7 cm³/mol. The molecule has 0 radical (unpaired) electrons. The molecule has 25 heavy (non-hydrogen) atoms. The summed E-state index contributed by atoms with van der Waals surface area (Å²) >= 11 is 0. The number of hydrogen-bond donors (Lipinski definition) is 2. The van der Waals surface area contributed by atoms with Crippen molar-refractivity contribution < 1.29 is 9.50 Å². The topological polar surface area (TPSA) is 80.3 Å². The number of hydrogen-bond acceptors (Lipinski definition) is 5. The minimum Gasteiger partial charge on any atom is -0.508 e. The van der Waals surface area contributed by atoms with Crippen molar-refractivity contribution in [3.8, 4) is 17.0 Å². The van der Waals surface area contributed by atoms with E-state index in [1.54, 1.807) is 15.3 Å². The Balaban J connectivity index is 1.84. The molecule has 4 aromatic rings. The van der Waals surface area contributed by atoms with Gasteiger partial charge in [-0.3, -0.25) is 4.68 Å². The first-order valence-electron chi connectivity index (χ1n) is 7.73. The minimum absolute atomic E-state index is 0.112. The molecule has 1 aliphatic rings. The zero-order valence-corrected chi connectivity index (χ0v) is 13.2. The van der Waals surface area contributed by atoms with Crippen molar-refractivity contribution in [2.24, 2.45) is 7.05 Å². The Kier molecular flexibility index (Phi) is 2.68. The Morgan fingerprint density at radius 2 is 2.12 bits per heavy atom. The van der Waals surface area contributed by atoms with Gasteiger partial charge in [-0.15, -0.1) is 0 Å². The molecule has 0 saturated heterocycles. The van der Waals surface area contributed by atoms with Crippen LogP contribution >= 0.6 is 0 Å². The fraction of sp³-hybridized carbons (Fsp3) is 0.118. The van der Waals surface area contributed by atoms with E-state index in [0.29, 0.717) is 11.4 Å². The lowest BCUT2D eigenvalue weighted by Crippen LogP contribution is -2.13. The van der Waals surface area contributed by atoms with E-state index in [-0.39, 0.29) is 5.75 Å². The average molecular weight is 336 g/mol. The molecule has 0 aliphatic carbocycles. The quantitative estimate of drug-likeness (QED) is 0.558. The molecule has 1 atom stereocenters. The van der Waals surface area contributed by atoms with E-state index in [9.17, 15) is 9.50 Å². The number of rotatable bonds is 1. The fourth-order valence-corrected chi connectivity index (χ4v) is 3.39. The van der Waals surface area contributed by atoms with Gasteiger partial charge in [0.2, 0.25) is 0 Å². The van der Waals surface area contributed by atoms with E-state index in [2.05, 4.69) is 20.5 Å². The van der Waals surface area contributed by atoms with E-state index < -0.39 is 11.9 Å². The van der Waals surface area contributed by atoms with Crippen LogP contribution < -0.4 is 5.32 Å². The zero-order chi connectivity index (χ0) is 17.1. The van der Waals surface area contributed by atoms with Crippen LogP contribution in [0, 0.1) is 5.82 Å². The van der Waals surface area contributed by atoms with Crippen LogP contribution in [-0.2, 0) is 7.05 Å². The Bertz CT molecular complexity index is 1130. The number of phenols is 1. The van der Waals surface area contributed by atoms with E-state index in [0.717, 1.165) is 28.4 Å². The van der Waals surface area contributed by atoms with Gasteiger partial charge in [0, 0.05) is 36.6 Å². The van der Waals surface area contributed by atoms with Crippen LogP contribution in [0.4, 0.5) is 10.2 Å². The van der Waals surface area contributed by atoms with Crippen molar-refractivity contribution in [1.29, 1.82) is 0 Å². The number of aromatic hydroxyl groups is 1. The molecule has 2 N–H and O–H groups in total. The molecule has 0 spiro atoms. The summed E-state index contributed by atoms with van der Waals surface area (Å²) in [5.74, 6) is 0.0190. The normalized spacial score (nSPS) is 15.7. The standard InChI is InChI=1S/C17H13FN6O/c1-23-7-12-15-16-11(4-5-24(16)20-8-19-15)14(21-17(12)22-23)10-3-2-9(25)6-13(10)18/h2-8,14,25H,1H3,(H,21,22). The third kappa shape index (κ3) is 1.94. The van der Waals surface area contributed by atoms with Crippen LogP contribution in [0.1, 0.15) is 17.2 Å². The number of anilines is 1. The first kappa shape index (κ1) is 14.0. The molecule has 1 unspecified atom stereocenters. The van der Waals surface area contributed by atoms with E-state index in [1.807, 2.05) is 25.5 Å². The molecule has 1 aliphatic heterocycles. The number of nitrogens with one attached hydrogen (secondary N) is 1. The highest BCUT2D eigenvalue weighted by atomic mass is 19.1. The second-order valence-electron chi connectivity index (χ2n) is 6.02. The summed E-state index contributed by atoms with van der Waals surface area (Å²) in [7, 11) is 1.82. The Hall–Kier alpha value is -3.42. The number of nitrogens with zero attached hydrogens (tertiary/aromatic N) is 5. The Morgan fingerprint density at radius 1 is 1.24 bits per heavy atom. The number of benzene rings is 1. The summed E-state index contributed by atoms with van der Waals surface area (Å²) in [5.41, 5.74) is 3.64. The largest absolute Gasteiger partial charge is 0.508 e. The number of phenolic OH excluding ortho intramolecular Hbond substituents is 1. The molecule has 5 rings (SSSR count). The number of aromatic nitrogens is 5. The average Bonchev–Trinajstić information content (AvgIpc) is 3.13. The number of fused-ring (bicyclic) bond motifs is 2. The van der Waals surface area contributed by atoms with Crippen LogP contribution in [0.3, 0.4) is 0 Å². The Labute approximate surface area is 141 Å². The molecule has 0 amide bonds. The van der Waals surface area contributed by atoms with Crippen molar-refractivity contribution in [2.45, 2.75) is 6.04 Å². The maximum absolute atomic E-state index is 14.6. The van der Waals surface area contributed by atoms with E-state index >= 15 is 0 Å². The zero-order valence-electron chi connectivity index (χ0n) is 13.2. The molecule has 3 aromatic heterocycles. The van der Waals surface area contributed by atoms with Gasteiger partial charge in [0.1, 0.15) is 23.6 Å². The summed E-state index contributed by atoms with van der Waals surface area (Å²) in [6, 6.07) is 5.57. The van der Waals surface area contributed by atoms with Gasteiger partial charge in [0.25, 0.3) is 0 Å². The second kappa shape index (κ2) is 4.79. The van der Waals surface area contributed by atoms with Gasteiger partial charge in [-0.25, -0.2) is 13.9 Å². The van der Waals surface area contributed by atoms with Crippen molar-refractivity contribution >= 4 is 11.3 Å². The van der Waals surface area contributed by atoms with Crippen LogP contribution in [0.2, 0.25) is 0 Å². The van der Waals surface area contributed by atoms with E-state index in [4.69, 9.17) is 0 Å². The molecule has 8 heteroatoms.